The normalized spacial score (nSPS) is 11.7. The third-order valence-corrected chi connectivity index (χ3v) is 3.52. The van der Waals surface area contributed by atoms with E-state index in [-0.39, 0.29) is 5.78 Å². The van der Waals surface area contributed by atoms with E-state index in [0.29, 0.717) is 28.4 Å². The topological polar surface area (TPSA) is 54.0 Å². The van der Waals surface area contributed by atoms with Crippen molar-refractivity contribution in [2.45, 2.75) is 6.10 Å². The second-order valence-corrected chi connectivity index (χ2v) is 4.80. The molecule has 1 unspecified atom stereocenters. The van der Waals surface area contributed by atoms with Crippen molar-refractivity contribution >= 4 is 5.78 Å². The van der Waals surface area contributed by atoms with Gasteiger partial charge in [-0.25, -0.2) is 0 Å². The summed E-state index contributed by atoms with van der Waals surface area (Å²) in [4.78, 5) is 12.7. The first-order valence-electron chi connectivity index (χ1n) is 7.08. The molecule has 23 heavy (non-hydrogen) atoms. The monoisotopic (exact) mass is 316 g/mol. The standard InChI is InChI=1S/C18H20O5/c1-20-14-10-13(11-15(21-2)18(14)23-4)17(22-3)16(19)12-8-6-5-7-9-12/h5-11,17H,1-4H3. The Labute approximate surface area is 135 Å². The highest BCUT2D eigenvalue weighted by molar-refractivity contribution is 6.00. The summed E-state index contributed by atoms with van der Waals surface area (Å²) in [6, 6.07) is 12.4. The minimum Gasteiger partial charge on any atom is -0.493 e. The molecule has 0 aliphatic carbocycles. The molecule has 0 N–H and O–H groups in total. The molecule has 0 radical (unpaired) electrons. The molecule has 0 bridgehead atoms. The van der Waals surface area contributed by atoms with Crippen molar-refractivity contribution in [1.29, 1.82) is 0 Å². The van der Waals surface area contributed by atoms with Crippen molar-refractivity contribution < 1.29 is 23.7 Å². The Morgan fingerprint density at radius 1 is 0.870 bits per heavy atom. The molecule has 122 valence electrons. The largest absolute Gasteiger partial charge is 0.493 e. The number of hydrogen-bond acceptors (Lipinski definition) is 5. The predicted octanol–water partition coefficient (Wildman–Crippen LogP) is 3.28. The first-order valence-corrected chi connectivity index (χ1v) is 7.08. The number of Topliss-reactive ketones (excluding diaryl/α,β-unsaturated/α-hetero) is 1. The van der Waals surface area contributed by atoms with Crippen molar-refractivity contribution in [3.8, 4) is 17.2 Å². The zero-order chi connectivity index (χ0) is 16.8. The molecule has 1 atom stereocenters. The fourth-order valence-electron chi connectivity index (χ4n) is 2.40. The van der Waals surface area contributed by atoms with Crippen LogP contribution in [0.15, 0.2) is 42.5 Å². The van der Waals surface area contributed by atoms with Crippen LogP contribution in [0.1, 0.15) is 22.0 Å². The number of carbonyl (C=O) groups excluding carboxylic acids is 1. The maximum atomic E-state index is 12.7. The van der Waals surface area contributed by atoms with Crippen LogP contribution in [0.3, 0.4) is 0 Å². The Morgan fingerprint density at radius 3 is 1.87 bits per heavy atom. The summed E-state index contributed by atoms with van der Waals surface area (Å²) < 4.78 is 21.4. The van der Waals surface area contributed by atoms with E-state index in [1.54, 1.807) is 24.3 Å². The van der Waals surface area contributed by atoms with Gasteiger partial charge >= 0.3 is 0 Å². The molecule has 0 aliphatic heterocycles. The molecule has 5 nitrogen and oxygen atoms in total. The van der Waals surface area contributed by atoms with E-state index in [1.165, 1.54) is 28.4 Å². The Bertz CT molecular complexity index is 641. The average Bonchev–Trinajstić information content (AvgIpc) is 2.61. The third-order valence-electron chi connectivity index (χ3n) is 3.52. The van der Waals surface area contributed by atoms with Gasteiger partial charge in [-0.1, -0.05) is 30.3 Å². The zero-order valence-electron chi connectivity index (χ0n) is 13.7. The van der Waals surface area contributed by atoms with Crippen molar-refractivity contribution in [1.82, 2.24) is 0 Å². The fourth-order valence-corrected chi connectivity index (χ4v) is 2.40. The van der Waals surface area contributed by atoms with Crippen LogP contribution in [0, 0.1) is 0 Å². The Hall–Kier alpha value is -2.53. The smallest absolute Gasteiger partial charge is 0.203 e. The summed E-state index contributed by atoms with van der Waals surface area (Å²) in [6.45, 7) is 0. The van der Waals surface area contributed by atoms with Crippen LogP contribution in [0.4, 0.5) is 0 Å². The summed E-state index contributed by atoms with van der Waals surface area (Å²) in [7, 11) is 6.08. The van der Waals surface area contributed by atoms with Crippen LogP contribution >= 0.6 is 0 Å². The summed E-state index contributed by atoms with van der Waals surface area (Å²) in [5, 5.41) is 0. The van der Waals surface area contributed by atoms with Crippen molar-refractivity contribution in [3.63, 3.8) is 0 Å². The lowest BCUT2D eigenvalue weighted by atomic mass is 9.99. The summed E-state index contributed by atoms with van der Waals surface area (Å²) in [5.41, 5.74) is 1.21. The van der Waals surface area contributed by atoms with Gasteiger partial charge < -0.3 is 18.9 Å². The molecule has 5 heteroatoms. The van der Waals surface area contributed by atoms with Gasteiger partial charge in [-0.05, 0) is 17.7 Å². The number of carbonyl (C=O) groups is 1. The van der Waals surface area contributed by atoms with Gasteiger partial charge in [-0.3, -0.25) is 4.79 Å². The lowest BCUT2D eigenvalue weighted by Gasteiger charge is -2.19. The van der Waals surface area contributed by atoms with Gasteiger partial charge in [0.05, 0.1) is 21.3 Å². The maximum Gasteiger partial charge on any atom is 0.203 e. The Balaban J connectivity index is 2.47. The molecule has 0 aromatic heterocycles. The van der Waals surface area contributed by atoms with E-state index in [0.717, 1.165) is 0 Å². The quantitative estimate of drug-likeness (QED) is 0.734. The van der Waals surface area contributed by atoms with E-state index >= 15 is 0 Å². The molecule has 2 aromatic rings. The second kappa shape index (κ2) is 7.65. The Kier molecular flexibility index (Phi) is 5.60. The number of hydrogen-bond donors (Lipinski definition) is 0. The van der Waals surface area contributed by atoms with Gasteiger partial charge in [0.15, 0.2) is 17.3 Å². The molecule has 0 amide bonds. The maximum absolute atomic E-state index is 12.7. The highest BCUT2D eigenvalue weighted by Crippen LogP contribution is 2.40. The van der Waals surface area contributed by atoms with Crippen LogP contribution in [0.5, 0.6) is 17.2 Å². The minimum atomic E-state index is -0.758. The van der Waals surface area contributed by atoms with E-state index < -0.39 is 6.10 Å². The van der Waals surface area contributed by atoms with Crippen LogP contribution in [0.2, 0.25) is 0 Å². The van der Waals surface area contributed by atoms with Crippen LogP contribution in [0.25, 0.3) is 0 Å². The molecule has 2 rings (SSSR count). The molecule has 0 aliphatic rings. The van der Waals surface area contributed by atoms with E-state index in [4.69, 9.17) is 18.9 Å². The van der Waals surface area contributed by atoms with Gasteiger partial charge in [-0.2, -0.15) is 0 Å². The number of methoxy groups -OCH3 is 4. The van der Waals surface area contributed by atoms with Crippen LogP contribution in [-0.2, 0) is 4.74 Å². The van der Waals surface area contributed by atoms with E-state index in [9.17, 15) is 4.79 Å². The van der Waals surface area contributed by atoms with Crippen molar-refractivity contribution in [2.75, 3.05) is 28.4 Å². The van der Waals surface area contributed by atoms with Crippen molar-refractivity contribution in [2.24, 2.45) is 0 Å². The minimum absolute atomic E-state index is 0.137. The van der Waals surface area contributed by atoms with Gasteiger partial charge in [0.1, 0.15) is 6.10 Å². The SMILES string of the molecule is COc1cc(C(OC)C(=O)c2ccccc2)cc(OC)c1OC. The van der Waals surface area contributed by atoms with E-state index in [1.807, 2.05) is 18.2 Å². The fraction of sp³-hybridized carbons (Fsp3) is 0.278. The summed E-state index contributed by atoms with van der Waals surface area (Å²) >= 11 is 0. The number of benzene rings is 2. The highest BCUT2D eigenvalue weighted by Gasteiger charge is 2.25. The van der Waals surface area contributed by atoms with E-state index in [2.05, 4.69) is 0 Å². The van der Waals surface area contributed by atoms with Gasteiger partial charge in [0, 0.05) is 12.7 Å². The molecule has 0 heterocycles. The molecule has 2 aromatic carbocycles. The van der Waals surface area contributed by atoms with Crippen LogP contribution < -0.4 is 14.2 Å². The van der Waals surface area contributed by atoms with Crippen molar-refractivity contribution in [3.05, 3.63) is 53.6 Å². The molecular weight excluding hydrogens is 296 g/mol. The molecule has 0 saturated carbocycles. The molecular formula is C18H20O5. The molecule has 0 saturated heterocycles. The average molecular weight is 316 g/mol. The Morgan fingerprint density at radius 2 is 1.43 bits per heavy atom. The molecule has 0 fully saturated rings. The highest BCUT2D eigenvalue weighted by atomic mass is 16.5. The number of ether oxygens (including phenoxy) is 4. The first kappa shape index (κ1) is 16.8. The lowest BCUT2D eigenvalue weighted by molar-refractivity contribution is 0.0603. The van der Waals surface area contributed by atoms with Gasteiger partial charge in [-0.15, -0.1) is 0 Å². The zero-order valence-corrected chi connectivity index (χ0v) is 13.7. The predicted molar refractivity (Wildman–Crippen MR) is 86.6 cm³/mol. The van der Waals surface area contributed by atoms with Gasteiger partial charge in [0.2, 0.25) is 5.75 Å². The van der Waals surface area contributed by atoms with Gasteiger partial charge in [0.25, 0.3) is 0 Å². The lowest BCUT2D eigenvalue weighted by Crippen LogP contribution is -2.15. The molecule has 0 spiro atoms. The number of rotatable bonds is 7. The first-order chi connectivity index (χ1) is 11.2. The summed E-state index contributed by atoms with van der Waals surface area (Å²) in [5.74, 6) is 1.29. The third kappa shape index (κ3) is 3.46. The summed E-state index contributed by atoms with van der Waals surface area (Å²) in [6.07, 6.45) is -0.758. The van der Waals surface area contributed by atoms with Crippen LogP contribution in [-0.4, -0.2) is 34.2 Å². The number of ketones is 1. The second-order valence-electron chi connectivity index (χ2n) is 4.80.